The van der Waals surface area contributed by atoms with Gasteiger partial charge in [0.1, 0.15) is 5.75 Å². The zero-order valence-electron chi connectivity index (χ0n) is 13.1. The number of hydrogen-bond donors (Lipinski definition) is 2. The predicted octanol–water partition coefficient (Wildman–Crippen LogP) is 3.60. The molecule has 0 fully saturated rings. The van der Waals surface area contributed by atoms with Gasteiger partial charge in [0.2, 0.25) is 5.95 Å². The summed E-state index contributed by atoms with van der Waals surface area (Å²) in [6.07, 6.45) is 5.12. The van der Waals surface area contributed by atoms with E-state index in [1.807, 2.05) is 0 Å². The number of methoxy groups -OCH3 is 1. The molecular formula is C16H19ClN4O2. The molecule has 0 aliphatic rings. The summed E-state index contributed by atoms with van der Waals surface area (Å²) in [5.41, 5.74) is 0.948. The molecule has 2 rings (SSSR count). The largest absolute Gasteiger partial charge is 0.495 e. The molecule has 0 spiro atoms. The Morgan fingerprint density at radius 1 is 1.30 bits per heavy atom. The molecule has 0 unspecified atom stereocenters. The second-order valence-electron chi connectivity index (χ2n) is 4.88. The van der Waals surface area contributed by atoms with E-state index in [4.69, 9.17) is 16.3 Å². The van der Waals surface area contributed by atoms with E-state index in [9.17, 15) is 4.79 Å². The number of halogens is 1. The fourth-order valence-corrected chi connectivity index (χ4v) is 2.12. The van der Waals surface area contributed by atoms with Crippen LogP contribution in [-0.4, -0.2) is 29.5 Å². The van der Waals surface area contributed by atoms with Gasteiger partial charge in [0.15, 0.2) is 0 Å². The standard InChI is InChI=1S/C16H19ClN4O2/c1-3-4-7-18-16-19-9-11(10-20-16)15(22)21-12-5-6-14(23-2)13(17)8-12/h5-6,8-10H,3-4,7H2,1-2H3,(H,21,22)(H,18,19,20). The van der Waals surface area contributed by atoms with Gasteiger partial charge >= 0.3 is 0 Å². The predicted molar refractivity (Wildman–Crippen MR) is 91.4 cm³/mol. The average Bonchev–Trinajstić information content (AvgIpc) is 2.56. The molecule has 0 aliphatic carbocycles. The van der Waals surface area contributed by atoms with E-state index in [0.717, 1.165) is 19.4 Å². The maximum Gasteiger partial charge on any atom is 0.258 e. The molecule has 2 aromatic rings. The van der Waals surface area contributed by atoms with E-state index in [1.165, 1.54) is 19.5 Å². The Morgan fingerprint density at radius 3 is 2.65 bits per heavy atom. The van der Waals surface area contributed by atoms with Crippen molar-refractivity contribution in [3.8, 4) is 5.75 Å². The third-order valence-corrected chi connectivity index (χ3v) is 3.43. The number of amides is 1. The Hall–Kier alpha value is -2.34. The Labute approximate surface area is 140 Å². The zero-order chi connectivity index (χ0) is 16.7. The maximum absolute atomic E-state index is 12.2. The van der Waals surface area contributed by atoms with Crippen molar-refractivity contribution in [1.82, 2.24) is 9.97 Å². The summed E-state index contributed by atoms with van der Waals surface area (Å²) in [5, 5.41) is 6.27. The van der Waals surface area contributed by atoms with Gasteiger partial charge < -0.3 is 15.4 Å². The molecule has 0 bridgehead atoms. The number of ether oxygens (including phenoxy) is 1. The first-order valence-electron chi connectivity index (χ1n) is 7.35. The molecule has 1 heterocycles. The Balaban J connectivity index is 1.99. The Kier molecular flexibility index (Phi) is 6.17. The summed E-state index contributed by atoms with van der Waals surface area (Å²) >= 11 is 6.03. The number of rotatable bonds is 7. The smallest absolute Gasteiger partial charge is 0.258 e. The topological polar surface area (TPSA) is 76.1 Å². The van der Waals surface area contributed by atoms with Gasteiger partial charge in [-0.15, -0.1) is 0 Å². The molecular weight excluding hydrogens is 316 g/mol. The van der Waals surface area contributed by atoms with Crippen molar-refractivity contribution in [2.45, 2.75) is 19.8 Å². The number of nitrogens with one attached hydrogen (secondary N) is 2. The normalized spacial score (nSPS) is 10.2. The van der Waals surface area contributed by atoms with Gasteiger partial charge in [0.05, 0.1) is 17.7 Å². The number of carbonyl (C=O) groups excluding carboxylic acids is 1. The lowest BCUT2D eigenvalue weighted by molar-refractivity contribution is 0.102. The van der Waals surface area contributed by atoms with E-state index in [-0.39, 0.29) is 5.91 Å². The minimum absolute atomic E-state index is 0.300. The lowest BCUT2D eigenvalue weighted by Crippen LogP contribution is -2.13. The number of aromatic nitrogens is 2. The number of unbranched alkanes of at least 4 members (excludes halogenated alkanes) is 1. The van der Waals surface area contributed by atoms with Crippen molar-refractivity contribution in [2.75, 3.05) is 24.3 Å². The second-order valence-corrected chi connectivity index (χ2v) is 5.29. The van der Waals surface area contributed by atoms with Crippen LogP contribution in [0.5, 0.6) is 5.75 Å². The molecule has 0 aliphatic heterocycles. The van der Waals surface area contributed by atoms with Crippen molar-refractivity contribution >= 4 is 29.1 Å². The summed E-state index contributed by atoms with van der Waals surface area (Å²) in [6, 6.07) is 5.03. The van der Waals surface area contributed by atoms with Crippen LogP contribution < -0.4 is 15.4 Å². The molecule has 23 heavy (non-hydrogen) atoms. The lowest BCUT2D eigenvalue weighted by Gasteiger charge is -2.08. The van der Waals surface area contributed by atoms with Crippen LogP contribution in [0.3, 0.4) is 0 Å². The number of carbonyl (C=O) groups is 1. The van der Waals surface area contributed by atoms with E-state index >= 15 is 0 Å². The molecule has 1 aromatic heterocycles. The van der Waals surface area contributed by atoms with Gasteiger partial charge in [-0.3, -0.25) is 4.79 Å². The zero-order valence-corrected chi connectivity index (χ0v) is 13.9. The third-order valence-electron chi connectivity index (χ3n) is 3.14. The highest BCUT2D eigenvalue weighted by molar-refractivity contribution is 6.32. The SMILES string of the molecule is CCCCNc1ncc(C(=O)Nc2ccc(OC)c(Cl)c2)cn1. The number of anilines is 2. The fraction of sp³-hybridized carbons (Fsp3) is 0.312. The van der Waals surface area contributed by atoms with Crippen molar-refractivity contribution in [3.05, 3.63) is 41.2 Å². The van der Waals surface area contributed by atoms with Gasteiger partial charge in [0.25, 0.3) is 5.91 Å². The summed E-state index contributed by atoms with van der Waals surface area (Å²) in [7, 11) is 1.53. The van der Waals surface area contributed by atoms with Crippen LogP contribution in [0.25, 0.3) is 0 Å². The van der Waals surface area contributed by atoms with Crippen molar-refractivity contribution in [1.29, 1.82) is 0 Å². The van der Waals surface area contributed by atoms with Crippen LogP contribution in [0, 0.1) is 0 Å². The van der Waals surface area contributed by atoms with Gasteiger partial charge in [0, 0.05) is 24.6 Å². The van der Waals surface area contributed by atoms with Crippen LogP contribution >= 0.6 is 11.6 Å². The second kappa shape index (κ2) is 8.33. The first-order chi connectivity index (χ1) is 11.1. The lowest BCUT2D eigenvalue weighted by atomic mass is 10.2. The summed E-state index contributed by atoms with van der Waals surface area (Å²) in [5.74, 6) is 0.768. The van der Waals surface area contributed by atoms with Crippen molar-refractivity contribution in [3.63, 3.8) is 0 Å². The van der Waals surface area contributed by atoms with Crippen LogP contribution in [0.15, 0.2) is 30.6 Å². The molecule has 0 radical (unpaired) electrons. The monoisotopic (exact) mass is 334 g/mol. The van der Waals surface area contributed by atoms with E-state index in [1.54, 1.807) is 18.2 Å². The summed E-state index contributed by atoms with van der Waals surface area (Å²) in [4.78, 5) is 20.4. The summed E-state index contributed by atoms with van der Waals surface area (Å²) < 4.78 is 5.07. The molecule has 0 saturated heterocycles. The average molecular weight is 335 g/mol. The highest BCUT2D eigenvalue weighted by Crippen LogP contribution is 2.27. The molecule has 6 nitrogen and oxygen atoms in total. The van der Waals surface area contributed by atoms with Crippen molar-refractivity contribution in [2.24, 2.45) is 0 Å². The van der Waals surface area contributed by atoms with Crippen LogP contribution in [0.1, 0.15) is 30.1 Å². The first kappa shape index (κ1) is 17.0. The highest BCUT2D eigenvalue weighted by atomic mass is 35.5. The number of nitrogens with zero attached hydrogens (tertiary/aromatic N) is 2. The molecule has 7 heteroatoms. The highest BCUT2D eigenvalue weighted by Gasteiger charge is 2.09. The minimum atomic E-state index is -0.300. The van der Waals surface area contributed by atoms with E-state index < -0.39 is 0 Å². The first-order valence-corrected chi connectivity index (χ1v) is 7.72. The van der Waals surface area contributed by atoms with Crippen LogP contribution in [0.2, 0.25) is 5.02 Å². The van der Waals surface area contributed by atoms with Gasteiger partial charge in [-0.25, -0.2) is 9.97 Å². The van der Waals surface area contributed by atoms with Crippen LogP contribution in [-0.2, 0) is 0 Å². The molecule has 122 valence electrons. The molecule has 2 N–H and O–H groups in total. The third kappa shape index (κ3) is 4.82. The molecule has 1 aromatic carbocycles. The van der Waals surface area contributed by atoms with E-state index in [0.29, 0.717) is 28.0 Å². The maximum atomic E-state index is 12.2. The molecule has 1 amide bonds. The molecule has 0 atom stereocenters. The van der Waals surface area contributed by atoms with Gasteiger partial charge in [-0.2, -0.15) is 0 Å². The Morgan fingerprint density at radius 2 is 2.04 bits per heavy atom. The molecule has 0 saturated carbocycles. The fourth-order valence-electron chi connectivity index (χ4n) is 1.86. The van der Waals surface area contributed by atoms with Gasteiger partial charge in [-0.1, -0.05) is 24.9 Å². The van der Waals surface area contributed by atoms with Crippen LogP contribution in [0.4, 0.5) is 11.6 Å². The minimum Gasteiger partial charge on any atom is -0.495 e. The number of hydrogen-bond acceptors (Lipinski definition) is 5. The van der Waals surface area contributed by atoms with Crippen molar-refractivity contribution < 1.29 is 9.53 Å². The summed E-state index contributed by atoms with van der Waals surface area (Å²) in [6.45, 7) is 2.92. The quantitative estimate of drug-likeness (QED) is 0.756. The van der Waals surface area contributed by atoms with E-state index in [2.05, 4.69) is 27.5 Å². The Bertz CT molecular complexity index is 662. The number of benzene rings is 1. The van der Waals surface area contributed by atoms with Gasteiger partial charge in [-0.05, 0) is 24.6 Å².